The van der Waals surface area contributed by atoms with Gasteiger partial charge in [-0.05, 0) is 31.3 Å². The molecule has 0 bridgehead atoms. The second kappa shape index (κ2) is 4.54. The van der Waals surface area contributed by atoms with Crippen LogP contribution in [0.15, 0.2) is 39.9 Å². The highest BCUT2D eigenvalue weighted by molar-refractivity contribution is 8.03. The largest absolute Gasteiger partial charge is 0.423 e. The molecule has 0 radical (unpaired) electrons. The average Bonchev–Trinajstić information content (AvgIpc) is 2.88. The maximum absolute atomic E-state index is 12.2. The lowest BCUT2D eigenvalue weighted by molar-refractivity contribution is -0.122. The topological polar surface area (TPSA) is 32.8 Å². The molecule has 2 aliphatic heterocycles. The molecule has 2 heterocycles. The van der Waals surface area contributed by atoms with Crippen molar-refractivity contribution in [3.63, 3.8) is 0 Å². The Bertz CT molecular complexity index is 612. The Labute approximate surface area is 121 Å². The first-order valence-electron chi connectivity index (χ1n) is 5.92. The van der Waals surface area contributed by atoms with Crippen molar-refractivity contribution < 1.29 is 9.53 Å². The lowest BCUT2D eigenvalue weighted by Crippen LogP contribution is -2.28. The zero-order chi connectivity index (χ0) is 13.6. The van der Waals surface area contributed by atoms with Gasteiger partial charge in [0.05, 0.1) is 5.69 Å². The van der Waals surface area contributed by atoms with Crippen molar-refractivity contribution in [2.24, 2.45) is 0 Å². The van der Waals surface area contributed by atoms with Crippen LogP contribution >= 0.6 is 24.0 Å². The van der Waals surface area contributed by atoms with Gasteiger partial charge in [-0.25, -0.2) is 0 Å². The Balaban J connectivity index is 2.03. The first-order chi connectivity index (χ1) is 9.13. The van der Waals surface area contributed by atoms with Crippen LogP contribution in [0.2, 0.25) is 0 Å². The molecule has 0 saturated carbocycles. The monoisotopic (exact) mass is 292 g/mol. The Morgan fingerprint density at radius 3 is 2.74 bits per heavy atom. The minimum atomic E-state index is -0.158. The Hall–Kier alpha value is -1.53. The second-order valence-electron chi connectivity index (χ2n) is 4.18. The third-order valence-corrected chi connectivity index (χ3v) is 4.62. The van der Waals surface area contributed by atoms with Gasteiger partial charge in [-0.15, -0.1) is 0 Å². The van der Waals surface area contributed by atoms with Crippen LogP contribution in [0.5, 0.6) is 0 Å². The summed E-state index contributed by atoms with van der Waals surface area (Å²) in [5, 5.41) is 1.03. The van der Waals surface area contributed by atoms with Crippen molar-refractivity contribution in [2.45, 2.75) is 11.8 Å². The first kappa shape index (κ1) is 12.5. The van der Waals surface area contributed by atoms with Gasteiger partial charge in [0.15, 0.2) is 0 Å². The standard InChI is InChI=1S/C13H12N2O2S2/c1-3-15-11(16)10(17-13(15)18)12-14(2)8-6-4-5-7-9(8)19-12/h4-7H,3H2,1-2H3/b12-10+. The molecular weight excluding hydrogens is 280 g/mol. The van der Waals surface area contributed by atoms with Crippen LogP contribution in [-0.2, 0) is 9.53 Å². The number of benzene rings is 1. The SMILES string of the molecule is CCN1C(=O)/C(=C2\Sc3ccccc3N2C)OC1=S. The number of fused-ring (bicyclic) bond motifs is 1. The number of ether oxygens (including phenoxy) is 1. The van der Waals surface area contributed by atoms with Gasteiger partial charge in [-0.1, -0.05) is 23.9 Å². The van der Waals surface area contributed by atoms with Crippen LogP contribution in [0.25, 0.3) is 0 Å². The van der Waals surface area contributed by atoms with E-state index in [1.54, 1.807) is 0 Å². The highest BCUT2D eigenvalue weighted by Gasteiger charge is 2.38. The number of anilines is 1. The summed E-state index contributed by atoms with van der Waals surface area (Å²) < 4.78 is 5.49. The Morgan fingerprint density at radius 2 is 2.11 bits per heavy atom. The van der Waals surface area contributed by atoms with E-state index < -0.39 is 0 Å². The number of rotatable bonds is 1. The number of para-hydroxylation sites is 1. The molecule has 6 heteroatoms. The summed E-state index contributed by atoms with van der Waals surface area (Å²) in [5.74, 6) is 0.171. The maximum atomic E-state index is 12.2. The van der Waals surface area contributed by atoms with Crippen molar-refractivity contribution in [1.82, 2.24) is 4.90 Å². The van der Waals surface area contributed by atoms with Crippen molar-refractivity contribution in [2.75, 3.05) is 18.5 Å². The summed E-state index contributed by atoms with van der Waals surface area (Å²) in [6, 6.07) is 8.00. The van der Waals surface area contributed by atoms with Gasteiger partial charge >= 0.3 is 0 Å². The first-order valence-corrected chi connectivity index (χ1v) is 7.14. The van der Waals surface area contributed by atoms with E-state index in [2.05, 4.69) is 0 Å². The van der Waals surface area contributed by atoms with Crippen molar-refractivity contribution in [3.05, 3.63) is 35.1 Å². The molecule has 0 aromatic heterocycles. The molecule has 1 fully saturated rings. The normalized spacial score (nSPS) is 22.0. The highest BCUT2D eigenvalue weighted by atomic mass is 32.2. The zero-order valence-electron chi connectivity index (χ0n) is 10.5. The van der Waals surface area contributed by atoms with Crippen molar-refractivity contribution in [3.8, 4) is 0 Å². The molecule has 0 atom stereocenters. The Morgan fingerprint density at radius 1 is 1.37 bits per heavy atom. The zero-order valence-corrected chi connectivity index (χ0v) is 12.2. The molecular formula is C13H12N2O2S2. The summed E-state index contributed by atoms with van der Waals surface area (Å²) in [5.41, 5.74) is 1.08. The molecule has 0 aliphatic carbocycles. The smallest absolute Gasteiger partial charge is 0.299 e. The van der Waals surface area contributed by atoms with Gasteiger partial charge in [-0.3, -0.25) is 9.69 Å². The number of thioether (sulfide) groups is 1. The molecule has 1 saturated heterocycles. The molecule has 0 unspecified atom stereocenters. The number of hydrogen-bond acceptors (Lipinski definition) is 5. The predicted molar refractivity (Wildman–Crippen MR) is 78.8 cm³/mol. The second-order valence-corrected chi connectivity index (χ2v) is 5.56. The number of thiocarbonyl (C=S) groups is 1. The highest BCUT2D eigenvalue weighted by Crippen LogP contribution is 2.47. The molecule has 3 rings (SSSR count). The average molecular weight is 292 g/mol. The van der Waals surface area contributed by atoms with Crippen LogP contribution in [0.1, 0.15) is 6.92 Å². The van der Waals surface area contributed by atoms with E-state index in [1.807, 2.05) is 43.1 Å². The van der Waals surface area contributed by atoms with Crippen LogP contribution in [0.4, 0.5) is 5.69 Å². The summed E-state index contributed by atoms with van der Waals surface area (Å²) in [7, 11) is 1.93. The fourth-order valence-corrected chi connectivity index (χ4v) is 3.52. The van der Waals surface area contributed by atoms with E-state index in [0.29, 0.717) is 12.3 Å². The van der Waals surface area contributed by atoms with E-state index in [4.69, 9.17) is 17.0 Å². The van der Waals surface area contributed by atoms with Gasteiger partial charge in [-0.2, -0.15) is 0 Å². The number of carbonyl (C=O) groups excluding carboxylic acids is 1. The molecule has 4 nitrogen and oxygen atoms in total. The van der Waals surface area contributed by atoms with E-state index in [9.17, 15) is 4.79 Å². The third kappa shape index (κ3) is 1.82. The van der Waals surface area contributed by atoms with Crippen LogP contribution in [-0.4, -0.2) is 29.6 Å². The molecule has 0 N–H and O–H groups in total. The quantitative estimate of drug-likeness (QED) is 0.587. The minimum Gasteiger partial charge on any atom is -0.423 e. The van der Waals surface area contributed by atoms with Gasteiger partial charge in [0, 0.05) is 18.5 Å². The van der Waals surface area contributed by atoms with Crippen molar-refractivity contribution in [1.29, 1.82) is 0 Å². The fourth-order valence-electron chi connectivity index (χ4n) is 2.10. The minimum absolute atomic E-state index is 0.158. The maximum Gasteiger partial charge on any atom is 0.299 e. The lowest BCUT2D eigenvalue weighted by Gasteiger charge is -2.13. The number of carbonyl (C=O) groups is 1. The number of nitrogens with zero attached hydrogens (tertiary/aromatic N) is 2. The molecule has 2 aliphatic rings. The van der Waals surface area contributed by atoms with E-state index in [1.165, 1.54) is 16.7 Å². The summed E-state index contributed by atoms with van der Waals surface area (Å²) >= 11 is 6.61. The van der Waals surface area contributed by atoms with Gasteiger partial charge in [0.2, 0.25) is 5.76 Å². The van der Waals surface area contributed by atoms with E-state index >= 15 is 0 Å². The molecule has 1 aromatic rings. The summed E-state index contributed by atoms with van der Waals surface area (Å²) in [6.07, 6.45) is 0. The number of likely N-dealkylation sites (N-methyl/N-ethyl adjacent to an activating group) is 1. The molecule has 1 aromatic carbocycles. The number of amides is 1. The predicted octanol–water partition coefficient (Wildman–Crippen LogP) is 2.56. The van der Waals surface area contributed by atoms with E-state index in [-0.39, 0.29) is 11.1 Å². The Kier molecular flexibility index (Phi) is 2.99. The van der Waals surface area contributed by atoms with Gasteiger partial charge in [0.25, 0.3) is 11.1 Å². The third-order valence-electron chi connectivity index (χ3n) is 3.10. The van der Waals surface area contributed by atoms with Crippen molar-refractivity contribution >= 4 is 40.7 Å². The molecule has 1 amide bonds. The number of hydrogen-bond donors (Lipinski definition) is 0. The lowest BCUT2D eigenvalue weighted by atomic mass is 10.3. The summed E-state index contributed by atoms with van der Waals surface area (Å²) in [6.45, 7) is 2.40. The fraction of sp³-hybridized carbons (Fsp3) is 0.231. The molecule has 98 valence electrons. The molecule has 19 heavy (non-hydrogen) atoms. The van der Waals surface area contributed by atoms with Gasteiger partial charge in [0.1, 0.15) is 5.03 Å². The van der Waals surface area contributed by atoms with Crippen LogP contribution < -0.4 is 4.90 Å². The van der Waals surface area contributed by atoms with E-state index in [0.717, 1.165) is 15.6 Å². The van der Waals surface area contributed by atoms with Crippen LogP contribution in [0, 0.1) is 0 Å². The van der Waals surface area contributed by atoms with Crippen LogP contribution in [0.3, 0.4) is 0 Å². The summed E-state index contributed by atoms with van der Waals surface area (Å²) in [4.78, 5) is 16.8. The molecule has 0 spiro atoms. The van der Waals surface area contributed by atoms with Gasteiger partial charge < -0.3 is 9.64 Å².